The topological polar surface area (TPSA) is 78.9 Å². The Morgan fingerprint density at radius 3 is 2.72 bits per heavy atom. The summed E-state index contributed by atoms with van der Waals surface area (Å²) in [6.07, 6.45) is 0.354. The molecular weight excluding hydrogens is 361 g/mol. The molecule has 0 radical (unpaired) electrons. The number of carboxylic acid groups (broad SMARTS) is 1. The van der Waals surface area contributed by atoms with Crippen molar-refractivity contribution in [1.29, 1.82) is 5.26 Å². The second kappa shape index (κ2) is 6.40. The van der Waals surface area contributed by atoms with Gasteiger partial charge in [-0.3, -0.25) is 0 Å². The number of aromatic nitrogens is 2. The van der Waals surface area contributed by atoms with Gasteiger partial charge in [0, 0.05) is 29.6 Å². The van der Waals surface area contributed by atoms with Crippen LogP contribution < -0.4 is 0 Å². The number of nitriles is 1. The minimum absolute atomic E-state index is 0.0147. The minimum Gasteiger partial charge on any atom is -0.478 e. The number of rotatable bonds is 3. The molecule has 1 aromatic carbocycles. The number of nitrogens with zero attached hydrogens (tertiary/aromatic N) is 3. The van der Waals surface area contributed by atoms with Crippen molar-refractivity contribution in [1.82, 2.24) is 9.55 Å². The Kier molecular flexibility index (Phi) is 4.42. The predicted octanol–water partition coefficient (Wildman–Crippen LogP) is 4.35. The van der Waals surface area contributed by atoms with Gasteiger partial charge in [0.15, 0.2) is 0 Å². The van der Waals surface area contributed by atoms with Crippen molar-refractivity contribution in [3.05, 3.63) is 62.4 Å². The maximum Gasteiger partial charge on any atom is 0.337 e. The average Bonchev–Trinajstić information content (AvgIpc) is 2.88. The molecule has 0 amide bonds. The van der Waals surface area contributed by atoms with E-state index in [0.717, 1.165) is 16.6 Å². The van der Waals surface area contributed by atoms with Crippen LogP contribution >= 0.6 is 23.2 Å². The van der Waals surface area contributed by atoms with Crippen LogP contribution in [0.25, 0.3) is 11.0 Å². The second-order valence-corrected chi connectivity index (χ2v) is 6.52. The Hall–Kier alpha value is -2.55. The first-order valence-electron chi connectivity index (χ1n) is 7.39. The molecule has 3 aromatic rings. The number of fused-ring (bicyclic) bond motifs is 1. The van der Waals surface area contributed by atoms with E-state index in [1.165, 1.54) is 12.1 Å². The molecule has 0 atom stereocenters. The monoisotopic (exact) mass is 373 g/mol. The van der Waals surface area contributed by atoms with Gasteiger partial charge in [-0.05, 0) is 42.3 Å². The number of benzene rings is 1. The first kappa shape index (κ1) is 17.3. The first-order chi connectivity index (χ1) is 11.8. The fourth-order valence-electron chi connectivity index (χ4n) is 2.83. The van der Waals surface area contributed by atoms with Crippen molar-refractivity contribution in [2.24, 2.45) is 7.05 Å². The number of hydrogen-bond donors (Lipinski definition) is 1. The van der Waals surface area contributed by atoms with Crippen LogP contribution in [0.4, 0.5) is 0 Å². The van der Waals surface area contributed by atoms with Crippen LogP contribution in [0.5, 0.6) is 0 Å². The Morgan fingerprint density at radius 2 is 2.08 bits per heavy atom. The summed E-state index contributed by atoms with van der Waals surface area (Å²) < 4.78 is 1.86. The summed E-state index contributed by atoms with van der Waals surface area (Å²) in [6, 6.07) is 8.67. The Labute approximate surface area is 154 Å². The van der Waals surface area contributed by atoms with E-state index in [2.05, 4.69) is 11.1 Å². The summed E-state index contributed by atoms with van der Waals surface area (Å²) >= 11 is 12.5. The third-order valence-electron chi connectivity index (χ3n) is 4.19. The van der Waals surface area contributed by atoms with Crippen LogP contribution in [0.1, 0.15) is 32.9 Å². The number of aromatic carboxylic acids is 1. The van der Waals surface area contributed by atoms with Crippen molar-refractivity contribution in [3.63, 3.8) is 0 Å². The zero-order chi connectivity index (χ0) is 18.3. The molecule has 5 nitrogen and oxygen atoms in total. The molecule has 0 bridgehead atoms. The predicted molar refractivity (Wildman–Crippen MR) is 96.4 cm³/mol. The molecule has 25 heavy (non-hydrogen) atoms. The maximum atomic E-state index is 11.3. The lowest BCUT2D eigenvalue weighted by Gasteiger charge is -2.10. The zero-order valence-corrected chi connectivity index (χ0v) is 15.0. The van der Waals surface area contributed by atoms with Gasteiger partial charge in [0.05, 0.1) is 10.6 Å². The summed E-state index contributed by atoms with van der Waals surface area (Å²) in [4.78, 5) is 15.6. The molecule has 0 spiro atoms. The molecule has 126 valence electrons. The van der Waals surface area contributed by atoms with E-state index in [1.807, 2.05) is 24.6 Å². The van der Waals surface area contributed by atoms with Gasteiger partial charge in [0.25, 0.3) is 0 Å². The molecule has 0 saturated carbocycles. The van der Waals surface area contributed by atoms with Crippen molar-refractivity contribution in [2.45, 2.75) is 13.3 Å². The number of carboxylic acids is 1. The molecule has 1 N–H and O–H groups in total. The standard InChI is InChI=1S/C18H13Cl2N3O2/c1-9-5-10(8-21)22-17-13(9)6-11(23(17)2)7-14-15(19)4-3-12(16(14)20)18(24)25/h3-6H,7H2,1-2H3,(H,24,25). The van der Waals surface area contributed by atoms with E-state index in [0.29, 0.717) is 28.3 Å². The zero-order valence-electron chi connectivity index (χ0n) is 13.5. The summed E-state index contributed by atoms with van der Waals surface area (Å²) in [5.74, 6) is -1.10. The highest BCUT2D eigenvalue weighted by atomic mass is 35.5. The normalized spacial score (nSPS) is 10.8. The smallest absolute Gasteiger partial charge is 0.337 e. The Morgan fingerprint density at radius 1 is 1.36 bits per heavy atom. The highest BCUT2D eigenvalue weighted by Gasteiger charge is 2.18. The van der Waals surface area contributed by atoms with E-state index < -0.39 is 5.97 Å². The van der Waals surface area contributed by atoms with Gasteiger partial charge in [-0.25, -0.2) is 9.78 Å². The summed E-state index contributed by atoms with van der Waals surface area (Å²) in [5, 5.41) is 19.8. The van der Waals surface area contributed by atoms with Crippen molar-refractivity contribution >= 4 is 40.2 Å². The molecule has 0 saturated heterocycles. The number of pyridine rings is 1. The van der Waals surface area contributed by atoms with Crippen molar-refractivity contribution in [2.75, 3.05) is 0 Å². The molecule has 2 aromatic heterocycles. The molecular formula is C18H13Cl2N3O2. The van der Waals surface area contributed by atoms with Crippen LogP contribution in [0, 0.1) is 18.3 Å². The Bertz CT molecular complexity index is 1060. The second-order valence-electron chi connectivity index (χ2n) is 5.74. The van der Waals surface area contributed by atoms with E-state index in [9.17, 15) is 9.90 Å². The van der Waals surface area contributed by atoms with Gasteiger partial charge < -0.3 is 9.67 Å². The lowest BCUT2D eigenvalue weighted by molar-refractivity contribution is 0.0697. The lowest BCUT2D eigenvalue weighted by atomic mass is 10.1. The van der Waals surface area contributed by atoms with Crippen LogP contribution in [0.2, 0.25) is 10.0 Å². The van der Waals surface area contributed by atoms with E-state index >= 15 is 0 Å². The molecule has 0 aliphatic rings. The van der Waals surface area contributed by atoms with Gasteiger partial charge in [-0.15, -0.1) is 0 Å². The highest BCUT2D eigenvalue weighted by Crippen LogP contribution is 2.32. The minimum atomic E-state index is -1.10. The molecule has 3 rings (SSSR count). The average molecular weight is 374 g/mol. The largest absolute Gasteiger partial charge is 0.478 e. The lowest BCUT2D eigenvalue weighted by Crippen LogP contribution is -2.04. The van der Waals surface area contributed by atoms with Crippen LogP contribution in [-0.4, -0.2) is 20.6 Å². The van der Waals surface area contributed by atoms with Gasteiger partial charge in [0.2, 0.25) is 0 Å². The van der Waals surface area contributed by atoms with Crippen LogP contribution in [0.3, 0.4) is 0 Å². The number of carbonyl (C=O) groups is 1. The molecule has 0 aliphatic carbocycles. The van der Waals surface area contributed by atoms with E-state index in [1.54, 1.807) is 6.07 Å². The molecule has 0 aliphatic heterocycles. The Balaban J connectivity index is 2.15. The fourth-order valence-corrected chi connectivity index (χ4v) is 3.42. The summed E-state index contributed by atoms with van der Waals surface area (Å²) in [7, 11) is 1.84. The quantitative estimate of drug-likeness (QED) is 0.739. The molecule has 2 heterocycles. The van der Waals surface area contributed by atoms with Gasteiger partial charge in [0.1, 0.15) is 17.4 Å². The van der Waals surface area contributed by atoms with Crippen molar-refractivity contribution in [3.8, 4) is 6.07 Å². The van der Waals surface area contributed by atoms with E-state index in [4.69, 9.17) is 28.5 Å². The van der Waals surface area contributed by atoms with Gasteiger partial charge in [-0.2, -0.15) is 5.26 Å². The molecule has 0 fully saturated rings. The van der Waals surface area contributed by atoms with Gasteiger partial charge >= 0.3 is 5.97 Å². The fraction of sp³-hybridized carbons (Fsp3) is 0.167. The number of halogens is 2. The third kappa shape index (κ3) is 2.95. The number of aryl methyl sites for hydroxylation is 2. The summed E-state index contributed by atoms with van der Waals surface area (Å²) in [5.41, 5.74) is 3.41. The maximum absolute atomic E-state index is 11.3. The molecule has 0 unspecified atom stereocenters. The van der Waals surface area contributed by atoms with Crippen molar-refractivity contribution < 1.29 is 9.90 Å². The number of hydrogen-bond acceptors (Lipinski definition) is 3. The van der Waals surface area contributed by atoms with Gasteiger partial charge in [-0.1, -0.05) is 23.2 Å². The van der Waals surface area contributed by atoms with Crippen LogP contribution in [-0.2, 0) is 13.5 Å². The first-order valence-corrected chi connectivity index (χ1v) is 8.15. The highest BCUT2D eigenvalue weighted by molar-refractivity contribution is 6.38. The summed E-state index contributed by atoms with van der Waals surface area (Å²) in [6.45, 7) is 1.92. The third-order valence-corrected chi connectivity index (χ3v) is 4.98. The van der Waals surface area contributed by atoms with E-state index in [-0.39, 0.29) is 10.6 Å². The van der Waals surface area contributed by atoms with Crippen LogP contribution in [0.15, 0.2) is 24.3 Å². The SMILES string of the molecule is Cc1cc(C#N)nc2c1cc(Cc1c(Cl)ccc(C(=O)O)c1Cl)n2C. The molecule has 7 heteroatoms.